The van der Waals surface area contributed by atoms with Crippen LogP contribution in [-0.4, -0.2) is 37.0 Å². The molecule has 0 rings (SSSR count). The van der Waals surface area contributed by atoms with E-state index >= 15 is 0 Å². The second kappa shape index (κ2) is 8.84. The maximum Gasteiger partial charge on any atom is 0.143 e. The molecule has 0 fully saturated rings. The molecule has 10 heavy (non-hydrogen) atoms. The van der Waals surface area contributed by atoms with Gasteiger partial charge in [0.1, 0.15) is 13.6 Å². The Kier molecular flexibility index (Phi) is 8.70. The van der Waals surface area contributed by atoms with Gasteiger partial charge in [0, 0.05) is 13.2 Å². The standard InChI is InChI=1S/C6H14O4/c7-5-9-3-1-2-4-10-6-8/h7-8H,1-6H2. The third kappa shape index (κ3) is 7.84. The van der Waals surface area contributed by atoms with E-state index in [-0.39, 0.29) is 13.6 Å². The van der Waals surface area contributed by atoms with Crippen LogP contribution in [-0.2, 0) is 9.47 Å². The quantitative estimate of drug-likeness (QED) is 0.386. The monoisotopic (exact) mass is 150 g/mol. The Hall–Kier alpha value is -0.160. The molecule has 4 nitrogen and oxygen atoms in total. The molecule has 0 saturated carbocycles. The minimum absolute atomic E-state index is 0.221. The first-order chi connectivity index (χ1) is 4.91. The van der Waals surface area contributed by atoms with Crippen LogP contribution in [0.4, 0.5) is 0 Å². The van der Waals surface area contributed by atoms with Crippen LogP contribution in [0, 0.1) is 0 Å². The molecular formula is C6H14O4. The van der Waals surface area contributed by atoms with Gasteiger partial charge in [0.05, 0.1) is 0 Å². The average molecular weight is 150 g/mol. The van der Waals surface area contributed by atoms with Gasteiger partial charge in [0.25, 0.3) is 0 Å². The summed E-state index contributed by atoms with van der Waals surface area (Å²) in [6.45, 7) is 0.651. The highest BCUT2D eigenvalue weighted by molar-refractivity contribution is 4.35. The van der Waals surface area contributed by atoms with Crippen LogP contribution in [0.1, 0.15) is 12.8 Å². The van der Waals surface area contributed by atoms with Crippen LogP contribution in [0.5, 0.6) is 0 Å². The molecule has 0 aliphatic rings. The van der Waals surface area contributed by atoms with Crippen LogP contribution in [0.25, 0.3) is 0 Å². The smallest absolute Gasteiger partial charge is 0.143 e. The topological polar surface area (TPSA) is 58.9 Å². The number of hydrogen-bond acceptors (Lipinski definition) is 4. The first-order valence-corrected chi connectivity index (χ1v) is 3.29. The van der Waals surface area contributed by atoms with Crippen molar-refractivity contribution in [3.05, 3.63) is 0 Å². The number of ether oxygens (including phenoxy) is 2. The first kappa shape index (κ1) is 9.84. The van der Waals surface area contributed by atoms with Crippen molar-refractivity contribution < 1.29 is 19.7 Å². The summed E-state index contributed by atoms with van der Waals surface area (Å²) in [5.74, 6) is 0. The van der Waals surface area contributed by atoms with E-state index in [0.717, 1.165) is 12.8 Å². The molecule has 0 unspecified atom stereocenters. The summed E-state index contributed by atoms with van der Waals surface area (Å²) in [4.78, 5) is 0. The van der Waals surface area contributed by atoms with Crippen molar-refractivity contribution in [3.63, 3.8) is 0 Å². The Morgan fingerprint density at radius 3 is 1.50 bits per heavy atom. The normalized spacial score (nSPS) is 10.2. The fraction of sp³-hybridized carbons (Fsp3) is 1.00. The van der Waals surface area contributed by atoms with Crippen LogP contribution < -0.4 is 0 Å². The summed E-state index contributed by atoms with van der Waals surface area (Å²) in [7, 11) is 0. The van der Waals surface area contributed by atoms with Crippen molar-refractivity contribution in [1.82, 2.24) is 0 Å². The van der Waals surface area contributed by atoms with Gasteiger partial charge < -0.3 is 19.7 Å². The summed E-state index contributed by atoms with van der Waals surface area (Å²) in [6, 6.07) is 0. The minimum Gasteiger partial charge on any atom is -0.371 e. The molecule has 0 heterocycles. The van der Waals surface area contributed by atoms with Crippen LogP contribution in [0.15, 0.2) is 0 Å². The lowest BCUT2D eigenvalue weighted by Crippen LogP contribution is -1.99. The van der Waals surface area contributed by atoms with Gasteiger partial charge in [0.15, 0.2) is 0 Å². The highest BCUT2D eigenvalue weighted by Crippen LogP contribution is 1.89. The maximum atomic E-state index is 8.18. The van der Waals surface area contributed by atoms with Crippen molar-refractivity contribution in [3.8, 4) is 0 Å². The summed E-state index contributed by atoms with van der Waals surface area (Å²) in [5.41, 5.74) is 0. The Labute approximate surface area is 60.4 Å². The highest BCUT2D eigenvalue weighted by atomic mass is 16.6. The maximum absolute atomic E-state index is 8.18. The van der Waals surface area contributed by atoms with E-state index in [2.05, 4.69) is 9.47 Å². The van der Waals surface area contributed by atoms with Crippen molar-refractivity contribution in [2.45, 2.75) is 12.8 Å². The van der Waals surface area contributed by atoms with Crippen LogP contribution in [0.3, 0.4) is 0 Å². The fourth-order valence-corrected chi connectivity index (χ4v) is 0.537. The largest absolute Gasteiger partial charge is 0.371 e. The third-order valence-corrected chi connectivity index (χ3v) is 1.01. The van der Waals surface area contributed by atoms with E-state index < -0.39 is 0 Å². The van der Waals surface area contributed by atoms with Gasteiger partial charge in [-0.3, -0.25) is 0 Å². The summed E-state index contributed by atoms with van der Waals surface area (Å²) in [5, 5.41) is 16.4. The molecule has 0 saturated heterocycles. The molecule has 0 aliphatic carbocycles. The predicted molar refractivity (Wildman–Crippen MR) is 35.3 cm³/mol. The Morgan fingerprint density at radius 1 is 0.800 bits per heavy atom. The van der Waals surface area contributed by atoms with Gasteiger partial charge >= 0.3 is 0 Å². The van der Waals surface area contributed by atoms with Gasteiger partial charge in [-0.25, -0.2) is 0 Å². The van der Waals surface area contributed by atoms with E-state index in [1.807, 2.05) is 0 Å². The average Bonchev–Trinajstić information content (AvgIpc) is 1.97. The summed E-state index contributed by atoms with van der Waals surface area (Å²) in [6.07, 6.45) is 1.70. The third-order valence-electron chi connectivity index (χ3n) is 1.01. The van der Waals surface area contributed by atoms with Gasteiger partial charge in [-0.15, -0.1) is 0 Å². The summed E-state index contributed by atoms with van der Waals surface area (Å²) < 4.78 is 9.30. The molecule has 0 spiro atoms. The zero-order valence-corrected chi connectivity index (χ0v) is 5.95. The first-order valence-electron chi connectivity index (χ1n) is 3.29. The molecule has 0 aliphatic heterocycles. The van der Waals surface area contributed by atoms with Crippen molar-refractivity contribution >= 4 is 0 Å². The van der Waals surface area contributed by atoms with Gasteiger partial charge in [-0.2, -0.15) is 0 Å². The summed E-state index contributed by atoms with van der Waals surface area (Å²) >= 11 is 0. The van der Waals surface area contributed by atoms with Crippen molar-refractivity contribution in [2.24, 2.45) is 0 Å². The molecule has 4 heteroatoms. The molecule has 0 aromatic carbocycles. The van der Waals surface area contributed by atoms with E-state index in [1.165, 1.54) is 0 Å². The molecular weight excluding hydrogens is 136 g/mol. The molecule has 62 valence electrons. The lowest BCUT2D eigenvalue weighted by atomic mass is 10.3. The SMILES string of the molecule is OCOCCCCOCO. The van der Waals surface area contributed by atoms with E-state index in [1.54, 1.807) is 0 Å². The van der Waals surface area contributed by atoms with E-state index in [9.17, 15) is 0 Å². The van der Waals surface area contributed by atoms with Crippen molar-refractivity contribution in [1.29, 1.82) is 0 Å². The molecule has 0 radical (unpaired) electrons. The van der Waals surface area contributed by atoms with Gasteiger partial charge in [0.2, 0.25) is 0 Å². The lowest BCUT2D eigenvalue weighted by molar-refractivity contribution is -0.0182. The Morgan fingerprint density at radius 2 is 1.20 bits per heavy atom. The highest BCUT2D eigenvalue weighted by Gasteiger charge is 1.87. The molecule has 2 N–H and O–H groups in total. The van der Waals surface area contributed by atoms with Gasteiger partial charge in [-0.05, 0) is 12.8 Å². The minimum atomic E-state index is -0.221. The second-order valence-corrected chi connectivity index (χ2v) is 1.78. The molecule has 0 atom stereocenters. The van der Waals surface area contributed by atoms with Crippen LogP contribution >= 0.6 is 0 Å². The zero-order valence-electron chi connectivity index (χ0n) is 5.95. The number of aliphatic hydroxyl groups excluding tert-OH is 2. The number of rotatable bonds is 7. The van der Waals surface area contributed by atoms with Crippen LogP contribution in [0.2, 0.25) is 0 Å². The predicted octanol–water partition coefficient (Wildman–Crippen LogP) is -0.301. The number of aliphatic hydroxyl groups is 2. The van der Waals surface area contributed by atoms with E-state index in [4.69, 9.17) is 10.2 Å². The molecule has 0 amide bonds. The van der Waals surface area contributed by atoms with Gasteiger partial charge in [-0.1, -0.05) is 0 Å². The number of unbranched alkanes of at least 4 members (excludes halogenated alkanes) is 1. The second-order valence-electron chi connectivity index (χ2n) is 1.78. The fourth-order valence-electron chi connectivity index (χ4n) is 0.537. The Bertz CT molecular complexity index is 49.7. The lowest BCUT2D eigenvalue weighted by Gasteiger charge is -2.00. The Balaban J connectivity index is 2.65. The molecule has 0 aromatic rings. The number of hydrogen-bond donors (Lipinski definition) is 2. The van der Waals surface area contributed by atoms with E-state index in [0.29, 0.717) is 13.2 Å². The molecule has 0 aromatic heterocycles. The zero-order chi connectivity index (χ0) is 7.66. The van der Waals surface area contributed by atoms with Crippen molar-refractivity contribution in [2.75, 3.05) is 26.8 Å². The molecule has 0 bridgehead atoms.